The molecule has 0 bridgehead atoms. The first kappa shape index (κ1) is 20.4. The molecular weight excluding hydrogens is 418 g/mol. The molecule has 0 unspecified atom stereocenters. The van der Waals surface area contributed by atoms with Gasteiger partial charge in [0.15, 0.2) is 0 Å². The quantitative estimate of drug-likeness (QED) is 0.565. The molecule has 1 aliphatic heterocycles. The van der Waals surface area contributed by atoms with Gasteiger partial charge in [-0.3, -0.25) is 0 Å². The maximum Gasteiger partial charge on any atom is 0.279 e. The van der Waals surface area contributed by atoms with E-state index >= 15 is 0 Å². The van der Waals surface area contributed by atoms with E-state index in [0.29, 0.717) is 11.4 Å². The van der Waals surface area contributed by atoms with Gasteiger partial charge in [-0.25, -0.2) is 0 Å². The molecule has 1 atom stereocenters. The number of nitrogens with zero attached hydrogens (tertiary/aromatic N) is 3. The minimum absolute atomic E-state index is 0.219. The summed E-state index contributed by atoms with van der Waals surface area (Å²) < 4.78 is 28.0. The van der Waals surface area contributed by atoms with Crippen molar-refractivity contribution in [1.82, 2.24) is 4.41 Å². The summed E-state index contributed by atoms with van der Waals surface area (Å²) in [6.45, 7) is 0. The van der Waals surface area contributed by atoms with Crippen LogP contribution in [0, 0.1) is 0 Å². The lowest BCUT2D eigenvalue weighted by molar-refractivity contribution is 0.371. The minimum Gasteiger partial charge on any atom is -0.378 e. The molecule has 3 aromatic carbocycles. The van der Waals surface area contributed by atoms with E-state index in [1.54, 1.807) is 42.5 Å². The Morgan fingerprint density at radius 2 is 1.57 bits per heavy atom. The lowest BCUT2D eigenvalue weighted by atomic mass is 9.99. The van der Waals surface area contributed by atoms with E-state index in [1.807, 2.05) is 55.4 Å². The molecule has 0 spiro atoms. The van der Waals surface area contributed by atoms with Crippen molar-refractivity contribution in [3.63, 3.8) is 0 Å². The fraction of sp³-hybridized carbons (Fsp3) is 0.174. The third kappa shape index (κ3) is 3.93. The number of anilines is 1. The Balaban J connectivity index is 1.76. The van der Waals surface area contributed by atoms with E-state index in [-0.39, 0.29) is 4.90 Å². The summed E-state index contributed by atoms with van der Waals surface area (Å²) in [5.41, 5.74) is 3.56. The lowest BCUT2D eigenvalue weighted by Gasteiger charge is -2.23. The first-order valence-corrected chi connectivity index (χ1v) is 11.4. The lowest BCUT2D eigenvalue weighted by Crippen LogP contribution is -2.27. The fourth-order valence-corrected chi connectivity index (χ4v) is 5.05. The standard InChI is InChI=1S/C23H22ClN3O2S/c1-26(2)20-14-10-17(11-15-20)22-16-23(18-8-12-19(24)13-9-18)27(25-22)30(28,29)21-6-4-3-5-7-21/h3-15,23H,16H2,1-2H3/t23-/m1/s1. The van der Waals surface area contributed by atoms with Crippen LogP contribution in [0.15, 0.2) is 88.9 Å². The van der Waals surface area contributed by atoms with Crippen LogP contribution >= 0.6 is 11.6 Å². The zero-order valence-corrected chi connectivity index (χ0v) is 18.3. The van der Waals surface area contributed by atoms with E-state index in [9.17, 15) is 8.42 Å². The summed E-state index contributed by atoms with van der Waals surface area (Å²) in [6, 6.07) is 23.2. The normalized spacial score (nSPS) is 16.4. The first-order valence-electron chi connectivity index (χ1n) is 9.56. The van der Waals surface area contributed by atoms with Gasteiger partial charge < -0.3 is 4.90 Å². The Morgan fingerprint density at radius 3 is 2.17 bits per heavy atom. The van der Waals surface area contributed by atoms with Crippen LogP contribution in [0.2, 0.25) is 5.02 Å². The van der Waals surface area contributed by atoms with Crippen molar-refractivity contribution in [2.75, 3.05) is 19.0 Å². The highest BCUT2D eigenvalue weighted by atomic mass is 35.5. The average Bonchev–Trinajstić information content (AvgIpc) is 3.21. The summed E-state index contributed by atoms with van der Waals surface area (Å²) in [5.74, 6) is 0. The molecule has 0 radical (unpaired) electrons. The van der Waals surface area contributed by atoms with Crippen LogP contribution in [0.3, 0.4) is 0 Å². The summed E-state index contributed by atoms with van der Waals surface area (Å²) in [7, 11) is 0.154. The van der Waals surface area contributed by atoms with Crippen LogP contribution < -0.4 is 4.90 Å². The van der Waals surface area contributed by atoms with Crippen LogP contribution in [0.5, 0.6) is 0 Å². The van der Waals surface area contributed by atoms with Crippen LogP contribution in [-0.2, 0) is 10.0 Å². The third-order valence-electron chi connectivity index (χ3n) is 5.13. The number of hydrogen-bond acceptors (Lipinski definition) is 4. The van der Waals surface area contributed by atoms with Gasteiger partial charge in [-0.05, 0) is 47.5 Å². The minimum atomic E-state index is -3.80. The van der Waals surface area contributed by atoms with Crippen LogP contribution in [0.25, 0.3) is 0 Å². The molecule has 0 fully saturated rings. The second kappa shape index (κ2) is 8.13. The van der Waals surface area contributed by atoms with Gasteiger partial charge in [-0.15, -0.1) is 0 Å². The molecule has 7 heteroatoms. The van der Waals surface area contributed by atoms with Gasteiger partial charge in [-0.2, -0.15) is 17.9 Å². The number of benzene rings is 3. The largest absolute Gasteiger partial charge is 0.378 e. The van der Waals surface area contributed by atoms with Crippen LogP contribution in [0.4, 0.5) is 5.69 Å². The molecular formula is C23H22ClN3O2S. The monoisotopic (exact) mass is 439 g/mol. The van der Waals surface area contributed by atoms with Crippen LogP contribution in [0.1, 0.15) is 23.6 Å². The molecule has 0 saturated carbocycles. The Kier molecular flexibility index (Phi) is 5.54. The van der Waals surface area contributed by atoms with Crippen molar-refractivity contribution in [2.45, 2.75) is 17.4 Å². The molecule has 0 N–H and O–H groups in total. The summed E-state index contributed by atoms with van der Waals surface area (Å²) >= 11 is 6.04. The predicted molar refractivity (Wildman–Crippen MR) is 122 cm³/mol. The summed E-state index contributed by atoms with van der Waals surface area (Å²) in [4.78, 5) is 2.24. The van der Waals surface area contributed by atoms with Crippen molar-refractivity contribution in [3.05, 3.63) is 95.0 Å². The Labute approximate surface area is 182 Å². The number of halogens is 1. The van der Waals surface area contributed by atoms with Crippen molar-refractivity contribution in [2.24, 2.45) is 5.10 Å². The molecule has 0 saturated heterocycles. The highest BCUT2D eigenvalue weighted by Crippen LogP contribution is 2.37. The summed E-state index contributed by atoms with van der Waals surface area (Å²) in [6.07, 6.45) is 0.481. The maximum atomic E-state index is 13.4. The molecule has 0 aliphatic carbocycles. The van der Waals surface area contributed by atoms with Gasteiger partial charge in [0.1, 0.15) is 0 Å². The van der Waals surface area contributed by atoms with E-state index in [4.69, 9.17) is 11.6 Å². The molecule has 1 aliphatic rings. The zero-order valence-electron chi connectivity index (χ0n) is 16.7. The first-order chi connectivity index (χ1) is 14.4. The van der Waals surface area contributed by atoms with Crippen LogP contribution in [-0.4, -0.2) is 32.6 Å². The molecule has 1 heterocycles. The molecule has 4 rings (SSSR count). The van der Waals surface area contributed by atoms with Gasteiger partial charge in [0.05, 0.1) is 16.6 Å². The predicted octanol–water partition coefficient (Wildman–Crippen LogP) is 4.95. The highest BCUT2D eigenvalue weighted by Gasteiger charge is 2.37. The van der Waals surface area contributed by atoms with Gasteiger partial charge in [-0.1, -0.05) is 54.1 Å². The topological polar surface area (TPSA) is 53.0 Å². The second-order valence-electron chi connectivity index (χ2n) is 7.35. The number of hydrazone groups is 1. The fourth-order valence-electron chi connectivity index (χ4n) is 3.47. The second-order valence-corrected chi connectivity index (χ2v) is 9.58. The van der Waals surface area contributed by atoms with Crippen molar-refractivity contribution in [3.8, 4) is 0 Å². The maximum absolute atomic E-state index is 13.4. The smallest absolute Gasteiger partial charge is 0.279 e. The number of hydrogen-bond donors (Lipinski definition) is 0. The van der Waals surface area contributed by atoms with Gasteiger partial charge in [0.2, 0.25) is 0 Å². The van der Waals surface area contributed by atoms with Gasteiger partial charge in [0, 0.05) is 31.2 Å². The van der Waals surface area contributed by atoms with E-state index < -0.39 is 16.1 Å². The van der Waals surface area contributed by atoms with Crippen molar-refractivity contribution >= 4 is 33.0 Å². The molecule has 154 valence electrons. The molecule has 0 amide bonds. The SMILES string of the molecule is CN(C)c1ccc(C2=NN(S(=O)(=O)c3ccccc3)[C@@H](c3ccc(Cl)cc3)C2)cc1. The highest BCUT2D eigenvalue weighted by molar-refractivity contribution is 7.89. The van der Waals surface area contributed by atoms with E-state index in [0.717, 1.165) is 22.5 Å². The molecule has 30 heavy (non-hydrogen) atoms. The van der Waals surface area contributed by atoms with Gasteiger partial charge >= 0.3 is 0 Å². The van der Waals surface area contributed by atoms with E-state index in [2.05, 4.69) is 5.10 Å². The number of rotatable bonds is 5. The molecule has 5 nitrogen and oxygen atoms in total. The molecule has 3 aromatic rings. The summed E-state index contributed by atoms with van der Waals surface area (Å²) in [5, 5.41) is 5.18. The molecule has 0 aromatic heterocycles. The third-order valence-corrected chi connectivity index (χ3v) is 7.08. The van der Waals surface area contributed by atoms with Gasteiger partial charge in [0.25, 0.3) is 10.0 Å². The van der Waals surface area contributed by atoms with Crippen molar-refractivity contribution in [1.29, 1.82) is 0 Å². The van der Waals surface area contributed by atoms with E-state index in [1.165, 1.54) is 4.41 Å². The zero-order chi connectivity index (χ0) is 21.3. The average molecular weight is 440 g/mol. The Bertz CT molecular complexity index is 1160. The Morgan fingerprint density at radius 1 is 0.933 bits per heavy atom. The number of sulfonamides is 1. The Hall–Kier alpha value is -2.83. The van der Waals surface area contributed by atoms with Crippen molar-refractivity contribution < 1.29 is 8.42 Å².